The van der Waals surface area contributed by atoms with Crippen LogP contribution in [0.5, 0.6) is 0 Å². The third-order valence-electron chi connectivity index (χ3n) is 3.88. The number of thiazole rings is 1. The SMILES string of the molecule is NC(CNC(=O)CCCc1nc2ccccc2s1)c1ccccc1. The van der Waals surface area contributed by atoms with Crippen molar-refractivity contribution >= 4 is 27.5 Å². The summed E-state index contributed by atoms with van der Waals surface area (Å²) in [4.78, 5) is 16.5. The minimum atomic E-state index is -0.167. The van der Waals surface area contributed by atoms with Crippen molar-refractivity contribution in [3.8, 4) is 0 Å². The van der Waals surface area contributed by atoms with Gasteiger partial charge in [-0.1, -0.05) is 42.5 Å². The molecule has 124 valence electrons. The molecule has 5 heteroatoms. The Hall–Kier alpha value is -2.24. The number of benzene rings is 2. The molecule has 0 fully saturated rings. The zero-order chi connectivity index (χ0) is 16.8. The van der Waals surface area contributed by atoms with E-state index in [4.69, 9.17) is 5.73 Å². The second kappa shape index (κ2) is 8.04. The number of carbonyl (C=O) groups is 1. The Labute approximate surface area is 145 Å². The predicted molar refractivity (Wildman–Crippen MR) is 98.9 cm³/mol. The van der Waals surface area contributed by atoms with E-state index < -0.39 is 0 Å². The van der Waals surface area contributed by atoms with E-state index in [1.807, 2.05) is 48.5 Å². The van der Waals surface area contributed by atoms with E-state index in [9.17, 15) is 4.79 Å². The van der Waals surface area contributed by atoms with Crippen LogP contribution in [-0.2, 0) is 11.2 Å². The van der Waals surface area contributed by atoms with Crippen LogP contribution in [0.1, 0.15) is 29.5 Å². The molecule has 3 N–H and O–H groups in total. The van der Waals surface area contributed by atoms with Gasteiger partial charge >= 0.3 is 0 Å². The Morgan fingerprint density at radius 3 is 2.67 bits per heavy atom. The summed E-state index contributed by atoms with van der Waals surface area (Å²) < 4.78 is 1.20. The summed E-state index contributed by atoms with van der Waals surface area (Å²) in [6, 6.07) is 17.8. The molecule has 4 nitrogen and oxygen atoms in total. The Balaban J connectivity index is 1.41. The highest BCUT2D eigenvalue weighted by Crippen LogP contribution is 2.22. The second-order valence-corrected chi connectivity index (χ2v) is 6.87. The summed E-state index contributed by atoms with van der Waals surface area (Å²) >= 11 is 1.70. The first kappa shape index (κ1) is 16.6. The van der Waals surface area contributed by atoms with Crippen molar-refractivity contribution in [1.82, 2.24) is 10.3 Å². The number of hydrogen-bond acceptors (Lipinski definition) is 4. The minimum Gasteiger partial charge on any atom is -0.354 e. The van der Waals surface area contributed by atoms with Crippen LogP contribution in [0.25, 0.3) is 10.2 Å². The predicted octanol–water partition coefficient (Wildman–Crippen LogP) is 3.44. The number of fused-ring (bicyclic) bond motifs is 1. The molecule has 1 atom stereocenters. The average Bonchev–Trinajstić information content (AvgIpc) is 3.03. The first-order chi connectivity index (χ1) is 11.7. The molecule has 1 heterocycles. The normalized spacial score (nSPS) is 12.2. The molecular formula is C19H21N3OS. The molecule has 0 radical (unpaired) electrons. The van der Waals surface area contributed by atoms with Gasteiger partial charge in [0, 0.05) is 19.0 Å². The molecule has 0 aliphatic rings. The summed E-state index contributed by atoms with van der Waals surface area (Å²) in [6.07, 6.45) is 2.13. The first-order valence-electron chi connectivity index (χ1n) is 8.14. The number of carbonyl (C=O) groups excluding carboxylic acids is 1. The molecule has 1 amide bonds. The molecule has 3 aromatic rings. The lowest BCUT2D eigenvalue weighted by molar-refractivity contribution is -0.121. The Morgan fingerprint density at radius 2 is 1.88 bits per heavy atom. The van der Waals surface area contributed by atoms with Gasteiger partial charge in [-0.25, -0.2) is 4.98 Å². The van der Waals surface area contributed by atoms with Gasteiger partial charge in [-0.15, -0.1) is 11.3 Å². The van der Waals surface area contributed by atoms with E-state index in [0.29, 0.717) is 13.0 Å². The van der Waals surface area contributed by atoms with Crippen LogP contribution in [0.3, 0.4) is 0 Å². The molecule has 0 aliphatic heterocycles. The van der Waals surface area contributed by atoms with Crippen molar-refractivity contribution in [2.45, 2.75) is 25.3 Å². The van der Waals surface area contributed by atoms with Gasteiger partial charge < -0.3 is 11.1 Å². The van der Waals surface area contributed by atoms with Crippen molar-refractivity contribution in [3.05, 3.63) is 65.2 Å². The smallest absolute Gasteiger partial charge is 0.220 e. The van der Waals surface area contributed by atoms with Gasteiger partial charge in [-0.3, -0.25) is 4.79 Å². The molecule has 1 unspecified atom stereocenters. The Morgan fingerprint density at radius 1 is 1.12 bits per heavy atom. The highest BCUT2D eigenvalue weighted by Gasteiger charge is 2.09. The zero-order valence-electron chi connectivity index (χ0n) is 13.4. The average molecular weight is 339 g/mol. The fraction of sp³-hybridized carbons (Fsp3) is 0.263. The molecule has 0 aliphatic carbocycles. The van der Waals surface area contributed by atoms with Crippen molar-refractivity contribution in [2.75, 3.05) is 6.54 Å². The van der Waals surface area contributed by atoms with Crippen molar-refractivity contribution in [3.63, 3.8) is 0 Å². The third-order valence-corrected chi connectivity index (χ3v) is 4.98. The second-order valence-electron chi connectivity index (χ2n) is 5.75. The van der Waals surface area contributed by atoms with Gasteiger partial charge in [0.15, 0.2) is 0 Å². The number of amides is 1. The molecule has 24 heavy (non-hydrogen) atoms. The molecule has 0 spiro atoms. The van der Waals surface area contributed by atoms with Crippen molar-refractivity contribution in [1.29, 1.82) is 0 Å². The van der Waals surface area contributed by atoms with E-state index in [0.717, 1.165) is 28.9 Å². The number of nitrogens with one attached hydrogen (secondary N) is 1. The maximum atomic E-state index is 12.0. The van der Waals surface area contributed by atoms with Gasteiger partial charge in [0.25, 0.3) is 0 Å². The number of nitrogens with two attached hydrogens (primary N) is 1. The summed E-state index contributed by atoms with van der Waals surface area (Å²) in [5, 5.41) is 4.00. The molecule has 0 saturated carbocycles. The van der Waals surface area contributed by atoms with Crippen LogP contribution in [0.4, 0.5) is 0 Å². The molecule has 2 aromatic carbocycles. The summed E-state index contributed by atoms with van der Waals surface area (Å²) in [6.45, 7) is 0.462. The Bertz CT molecular complexity index is 767. The maximum Gasteiger partial charge on any atom is 0.220 e. The molecule has 0 bridgehead atoms. The number of aryl methyl sites for hydroxylation is 1. The van der Waals surface area contributed by atoms with E-state index in [1.165, 1.54) is 4.70 Å². The highest BCUT2D eigenvalue weighted by molar-refractivity contribution is 7.18. The van der Waals surface area contributed by atoms with Crippen LogP contribution in [-0.4, -0.2) is 17.4 Å². The number of nitrogens with zero attached hydrogens (tertiary/aromatic N) is 1. The lowest BCUT2D eigenvalue weighted by Gasteiger charge is -2.13. The van der Waals surface area contributed by atoms with Crippen LogP contribution < -0.4 is 11.1 Å². The molecular weight excluding hydrogens is 318 g/mol. The number of hydrogen-bond donors (Lipinski definition) is 2. The standard InChI is InChI=1S/C19H21N3OS/c20-15(14-7-2-1-3-8-14)13-21-18(23)11-6-12-19-22-16-9-4-5-10-17(16)24-19/h1-5,7-10,15H,6,11-13,20H2,(H,21,23). The monoisotopic (exact) mass is 339 g/mol. The van der Waals surface area contributed by atoms with E-state index in [-0.39, 0.29) is 11.9 Å². The topological polar surface area (TPSA) is 68.0 Å². The van der Waals surface area contributed by atoms with Crippen LogP contribution in [0, 0.1) is 0 Å². The quantitative estimate of drug-likeness (QED) is 0.693. The molecule has 0 saturated heterocycles. The third kappa shape index (κ3) is 4.40. The van der Waals surface area contributed by atoms with Gasteiger partial charge in [-0.2, -0.15) is 0 Å². The Kier molecular flexibility index (Phi) is 5.56. The van der Waals surface area contributed by atoms with E-state index >= 15 is 0 Å². The number of rotatable bonds is 7. The number of aromatic nitrogens is 1. The van der Waals surface area contributed by atoms with Gasteiger partial charge in [0.1, 0.15) is 0 Å². The fourth-order valence-electron chi connectivity index (χ4n) is 2.56. The van der Waals surface area contributed by atoms with Crippen LogP contribution >= 0.6 is 11.3 Å². The highest BCUT2D eigenvalue weighted by atomic mass is 32.1. The first-order valence-corrected chi connectivity index (χ1v) is 8.96. The molecule has 1 aromatic heterocycles. The van der Waals surface area contributed by atoms with Crippen LogP contribution in [0.15, 0.2) is 54.6 Å². The van der Waals surface area contributed by atoms with Gasteiger partial charge in [0.2, 0.25) is 5.91 Å². The summed E-state index contributed by atoms with van der Waals surface area (Å²) in [5.41, 5.74) is 8.16. The maximum absolute atomic E-state index is 12.0. The number of para-hydroxylation sites is 1. The zero-order valence-corrected chi connectivity index (χ0v) is 14.3. The van der Waals surface area contributed by atoms with Crippen LogP contribution in [0.2, 0.25) is 0 Å². The van der Waals surface area contributed by atoms with E-state index in [1.54, 1.807) is 11.3 Å². The van der Waals surface area contributed by atoms with Crippen molar-refractivity contribution < 1.29 is 4.79 Å². The van der Waals surface area contributed by atoms with E-state index in [2.05, 4.69) is 16.4 Å². The molecule has 3 rings (SSSR count). The lowest BCUT2D eigenvalue weighted by atomic mass is 10.1. The van der Waals surface area contributed by atoms with Gasteiger partial charge in [0.05, 0.1) is 15.2 Å². The fourth-order valence-corrected chi connectivity index (χ4v) is 3.57. The lowest BCUT2D eigenvalue weighted by Crippen LogP contribution is -2.31. The van der Waals surface area contributed by atoms with Crippen molar-refractivity contribution in [2.24, 2.45) is 5.73 Å². The summed E-state index contributed by atoms with van der Waals surface area (Å²) in [5.74, 6) is 0.0440. The largest absolute Gasteiger partial charge is 0.354 e. The minimum absolute atomic E-state index is 0.0440. The van der Waals surface area contributed by atoms with Gasteiger partial charge in [-0.05, 0) is 30.5 Å². The summed E-state index contributed by atoms with van der Waals surface area (Å²) in [7, 11) is 0.